The van der Waals surface area contributed by atoms with Crippen LogP contribution in [0.5, 0.6) is 0 Å². The first-order chi connectivity index (χ1) is 6.75. The van der Waals surface area contributed by atoms with E-state index in [4.69, 9.17) is 5.11 Å². The second kappa shape index (κ2) is 3.37. The Bertz CT molecular complexity index is 431. The first kappa shape index (κ1) is 8.55. The zero-order chi connectivity index (χ0) is 9.97. The predicted octanol–water partition coefficient (Wildman–Crippen LogP) is 1.03. The fraction of sp³-hybridized carbons (Fsp3) is 0.111. The average molecular weight is 191 g/mol. The molecule has 0 radical (unpaired) electrons. The van der Waals surface area contributed by atoms with Crippen molar-refractivity contribution < 1.29 is 9.90 Å². The normalized spacial score (nSPS) is 10.3. The van der Waals surface area contributed by atoms with Crippen LogP contribution < -0.4 is 0 Å². The van der Waals surface area contributed by atoms with Crippen molar-refractivity contribution in [3.63, 3.8) is 0 Å². The molecule has 2 aromatic heterocycles. The van der Waals surface area contributed by atoms with Crippen molar-refractivity contribution in [1.29, 1.82) is 0 Å². The second-order valence-electron chi connectivity index (χ2n) is 2.95. The van der Waals surface area contributed by atoms with Gasteiger partial charge in [-0.25, -0.2) is 0 Å². The van der Waals surface area contributed by atoms with E-state index in [1.807, 2.05) is 6.07 Å². The number of H-pyrrole nitrogens is 2. The average Bonchev–Trinajstić information content (AvgIpc) is 2.69. The lowest BCUT2D eigenvalue weighted by molar-refractivity contribution is -0.136. The third-order valence-corrected chi connectivity index (χ3v) is 1.87. The molecule has 14 heavy (non-hydrogen) atoms. The van der Waals surface area contributed by atoms with Gasteiger partial charge in [-0.15, -0.1) is 0 Å². The van der Waals surface area contributed by atoms with Gasteiger partial charge in [0.25, 0.3) is 0 Å². The summed E-state index contributed by atoms with van der Waals surface area (Å²) in [5.74, 6) is -0.866. The van der Waals surface area contributed by atoms with E-state index in [-0.39, 0.29) is 6.42 Å². The molecule has 3 N–H and O–H groups in total. The molecule has 0 saturated carbocycles. The summed E-state index contributed by atoms with van der Waals surface area (Å²) in [6, 6.07) is 3.61. The summed E-state index contributed by atoms with van der Waals surface area (Å²) >= 11 is 0. The summed E-state index contributed by atoms with van der Waals surface area (Å²) in [7, 11) is 0. The van der Waals surface area contributed by atoms with Gasteiger partial charge >= 0.3 is 5.97 Å². The number of hydrogen-bond donors (Lipinski definition) is 3. The highest BCUT2D eigenvalue weighted by Gasteiger charge is 2.06. The summed E-state index contributed by atoms with van der Waals surface area (Å²) in [4.78, 5) is 13.3. The Hall–Kier alpha value is -2.04. The highest BCUT2D eigenvalue weighted by Crippen LogP contribution is 2.16. The van der Waals surface area contributed by atoms with Gasteiger partial charge in [0.05, 0.1) is 12.1 Å². The molecular formula is C9H9N3O2. The van der Waals surface area contributed by atoms with Gasteiger partial charge in [0.2, 0.25) is 0 Å². The van der Waals surface area contributed by atoms with Crippen LogP contribution in [0, 0.1) is 0 Å². The minimum Gasteiger partial charge on any atom is -0.481 e. The molecule has 0 aliphatic carbocycles. The van der Waals surface area contributed by atoms with Crippen molar-refractivity contribution in [3.8, 4) is 11.3 Å². The van der Waals surface area contributed by atoms with Crippen LogP contribution >= 0.6 is 0 Å². The van der Waals surface area contributed by atoms with Crippen molar-refractivity contribution >= 4 is 5.97 Å². The minimum absolute atomic E-state index is 0.0303. The maximum absolute atomic E-state index is 10.4. The summed E-state index contributed by atoms with van der Waals surface area (Å²) in [5.41, 5.74) is 2.30. The lowest BCUT2D eigenvalue weighted by atomic mass is 10.2. The van der Waals surface area contributed by atoms with Crippen molar-refractivity contribution in [1.82, 2.24) is 15.2 Å². The van der Waals surface area contributed by atoms with Gasteiger partial charge in [-0.3, -0.25) is 9.89 Å². The first-order valence-electron chi connectivity index (χ1n) is 4.15. The number of nitrogens with zero attached hydrogens (tertiary/aromatic N) is 1. The van der Waals surface area contributed by atoms with Crippen molar-refractivity contribution in [3.05, 3.63) is 30.2 Å². The predicted molar refractivity (Wildman–Crippen MR) is 49.7 cm³/mol. The number of hydrogen-bond acceptors (Lipinski definition) is 2. The number of rotatable bonds is 3. The van der Waals surface area contributed by atoms with Gasteiger partial charge in [0.1, 0.15) is 0 Å². The van der Waals surface area contributed by atoms with Gasteiger partial charge < -0.3 is 10.1 Å². The summed E-state index contributed by atoms with van der Waals surface area (Å²) in [6.07, 6.45) is 3.57. The maximum Gasteiger partial charge on any atom is 0.309 e. The van der Waals surface area contributed by atoms with Gasteiger partial charge in [0, 0.05) is 23.7 Å². The number of aliphatic carboxylic acids is 1. The van der Waals surface area contributed by atoms with Crippen LogP contribution in [0.2, 0.25) is 0 Å². The number of aromatic amines is 2. The van der Waals surface area contributed by atoms with E-state index >= 15 is 0 Å². The third-order valence-electron chi connectivity index (χ3n) is 1.87. The molecule has 2 rings (SSSR count). The molecule has 0 spiro atoms. The van der Waals surface area contributed by atoms with Gasteiger partial charge in [-0.2, -0.15) is 5.10 Å². The summed E-state index contributed by atoms with van der Waals surface area (Å²) in [5, 5.41) is 15.2. The first-order valence-corrected chi connectivity index (χ1v) is 4.15. The van der Waals surface area contributed by atoms with Crippen molar-refractivity contribution in [2.45, 2.75) is 6.42 Å². The molecular weight excluding hydrogens is 182 g/mol. The second-order valence-corrected chi connectivity index (χ2v) is 2.95. The van der Waals surface area contributed by atoms with Gasteiger partial charge in [-0.05, 0) is 12.1 Å². The molecule has 0 saturated heterocycles. The number of nitrogens with one attached hydrogen (secondary N) is 2. The minimum atomic E-state index is -0.866. The Morgan fingerprint density at radius 2 is 2.43 bits per heavy atom. The summed E-state index contributed by atoms with van der Waals surface area (Å²) < 4.78 is 0. The fourth-order valence-corrected chi connectivity index (χ4v) is 1.25. The monoisotopic (exact) mass is 191 g/mol. The fourth-order valence-electron chi connectivity index (χ4n) is 1.25. The van der Waals surface area contributed by atoms with Crippen LogP contribution in [0.1, 0.15) is 5.69 Å². The molecule has 2 aromatic rings. The Balaban J connectivity index is 2.22. The van der Waals surface area contributed by atoms with Crippen LogP contribution in [0.15, 0.2) is 24.5 Å². The van der Waals surface area contributed by atoms with Gasteiger partial charge in [0.15, 0.2) is 0 Å². The number of aromatic nitrogens is 3. The van der Waals surface area contributed by atoms with Gasteiger partial charge in [-0.1, -0.05) is 0 Å². The lowest BCUT2D eigenvalue weighted by Crippen LogP contribution is -1.99. The molecule has 0 fully saturated rings. The number of carboxylic acids is 1. The van der Waals surface area contributed by atoms with E-state index in [0.717, 1.165) is 11.3 Å². The zero-order valence-corrected chi connectivity index (χ0v) is 7.32. The Kier molecular flexibility index (Phi) is 2.06. The Morgan fingerprint density at radius 1 is 1.57 bits per heavy atom. The van der Waals surface area contributed by atoms with E-state index in [0.29, 0.717) is 5.69 Å². The standard InChI is InChI=1S/C9H9N3O2/c13-9(14)4-7-3-8(12-11-7)6-1-2-10-5-6/h1-3,5,10H,4H2,(H,11,12)(H,13,14). The van der Waals surface area contributed by atoms with Crippen molar-refractivity contribution in [2.75, 3.05) is 0 Å². The van der Waals surface area contributed by atoms with E-state index in [1.54, 1.807) is 18.5 Å². The van der Waals surface area contributed by atoms with E-state index in [9.17, 15) is 4.79 Å². The van der Waals surface area contributed by atoms with Crippen LogP contribution in [-0.4, -0.2) is 26.3 Å². The molecule has 0 unspecified atom stereocenters. The van der Waals surface area contributed by atoms with Crippen molar-refractivity contribution in [2.24, 2.45) is 0 Å². The van der Waals surface area contributed by atoms with Crippen LogP contribution in [0.4, 0.5) is 0 Å². The zero-order valence-electron chi connectivity index (χ0n) is 7.32. The smallest absolute Gasteiger partial charge is 0.309 e. The topological polar surface area (TPSA) is 81.8 Å². The Morgan fingerprint density at radius 3 is 3.07 bits per heavy atom. The van der Waals surface area contributed by atoms with E-state index in [1.165, 1.54) is 0 Å². The number of carbonyl (C=O) groups is 1. The molecule has 2 heterocycles. The highest BCUT2D eigenvalue weighted by atomic mass is 16.4. The van der Waals surface area contributed by atoms with E-state index in [2.05, 4.69) is 15.2 Å². The largest absolute Gasteiger partial charge is 0.481 e. The molecule has 0 amide bonds. The third kappa shape index (κ3) is 1.66. The number of carboxylic acid groups (broad SMARTS) is 1. The molecule has 0 bridgehead atoms. The molecule has 0 aromatic carbocycles. The lowest BCUT2D eigenvalue weighted by Gasteiger charge is -1.87. The highest BCUT2D eigenvalue weighted by molar-refractivity contribution is 5.70. The van der Waals surface area contributed by atoms with E-state index < -0.39 is 5.97 Å². The Labute approximate surface area is 79.8 Å². The molecule has 72 valence electrons. The summed E-state index contributed by atoms with van der Waals surface area (Å²) in [6.45, 7) is 0. The quantitative estimate of drug-likeness (QED) is 0.677. The maximum atomic E-state index is 10.4. The molecule has 0 aliphatic rings. The SMILES string of the molecule is O=C(O)Cc1cc(-c2cc[nH]c2)n[nH]1. The van der Waals surface area contributed by atoms with Crippen LogP contribution in [-0.2, 0) is 11.2 Å². The molecule has 5 heteroatoms. The van der Waals surface area contributed by atoms with Crippen LogP contribution in [0.3, 0.4) is 0 Å². The molecule has 5 nitrogen and oxygen atoms in total. The van der Waals surface area contributed by atoms with Crippen LogP contribution in [0.25, 0.3) is 11.3 Å². The molecule has 0 atom stereocenters. The molecule has 0 aliphatic heterocycles.